The van der Waals surface area contributed by atoms with Crippen LogP contribution in [0.4, 0.5) is 0 Å². The first-order valence-electron chi connectivity index (χ1n) is 13.3. The molecule has 0 unspecified atom stereocenters. The largest absolute Gasteiger partial charge is 0.508 e. The smallest absolute Gasteiger partial charge is 0.328 e. The van der Waals surface area contributed by atoms with Crippen LogP contribution in [-0.4, -0.2) is 74.8 Å². The monoisotopic (exact) mass is 567 g/mol. The molecule has 1 heterocycles. The van der Waals surface area contributed by atoms with Crippen molar-refractivity contribution in [3.63, 3.8) is 0 Å². The van der Waals surface area contributed by atoms with Crippen LogP contribution >= 0.6 is 0 Å². The lowest BCUT2D eigenvalue weighted by atomic mass is 9.99. The Morgan fingerprint density at radius 1 is 0.854 bits per heavy atom. The van der Waals surface area contributed by atoms with E-state index in [-0.39, 0.29) is 30.9 Å². The molecule has 0 bridgehead atoms. The van der Waals surface area contributed by atoms with Gasteiger partial charge in [-0.3, -0.25) is 14.4 Å². The highest BCUT2D eigenvalue weighted by Gasteiger charge is 2.31. The average molecular weight is 568 g/mol. The van der Waals surface area contributed by atoms with Crippen molar-refractivity contribution in [2.75, 3.05) is 6.61 Å². The first-order chi connectivity index (χ1) is 19.5. The number of fused-ring (bicyclic) bond motifs is 1. The van der Waals surface area contributed by atoms with E-state index in [9.17, 15) is 34.5 Å². The standard InChI is InChI=1S/C29H37N5O7/c1-16(2)11-23(32-26(37)21(30)12-17-7-9-19(36)10-8-17)27(38)33-24(28(39)34-25(15-35)29(40)41)13-18-14-31-22-6-4-3-5-20(18)22/h3-10,14,16,21,23-25,31,35-36H,11-13,15,30H2,1-2H3,(H,32,37)(H,33,38)(H,34,39)(H,40,41)/t21-,23-,24-,25-/m0/s1. The van der Waals surface area contributed by atoms with Gasteiger partial charge in [-0.2, -0.15) is 0 Å². The Morgan fingerprint density at radius 2 is 1.46 bits per heavy atom. The van der Waals surface area contributed by atoms with E-state index in [1.807, 2.05) is 38.1 Å². The third-order valence-corrected chi connectivity index (χ3v) is 6.60. The van der Waals surface area contributed by atoms with Crippen LogP contribution in [0.25, 0.3) is 10.9 Å². The number of para-hydroxylation sites is 1. The molecule has 4 atom stereocenters. The predicted molar refractivity (Wildman–Crippen MR) is 152 cm³/mol. The Morgan fingerprint density at radius 3 is 2.10 bits per heavy atom. The van der Waals surface area contributed by atoms with Gasteiger partial charge in [-0.05, 0) is 48.1 Å². The van der Waals surface area contributed by atoms with Gasteiger partial charge in [0.1, 0.15) is 23.9 Å². The molecule has 3 rings (SSSR count). The summed E-state index contributed by atoms with van der Waals surface area (Å²) in [5, 5.41) is 36.6. The highest BCUT2D eigenvalue weighted by atomic mass is 16.4. The molecule has 12 heteroatoms. The molecular formula is C29H37N5O7. The topological polar surface area (TPSA) is 207 Å². The number of hydrogen-bond acceptors (Lipinski definition) is 7. The van der Waals surface area contributed by atoms with Crippen LogP contribution in [0, 0.1) is 5.92 Å². The molecule has 0 saturated heterocycles. The quantitative estimate of drug-likeness (QED) is 0.138. The molecule has 0 radical (unpaired) electrons. The predicted octanol–water partition coefficient (Wildman–Crippen LogP) is 0.563. The van der Waals surface area contributed by atoms with Gasteiger partial charge in [0.15, 0.2) is 0 Å². The number of benzene rings is 2. The van der Waals surface area contributed by atoms with E-state index >= 15 is 0 Å². The highest BCUT2D eigenvalue weighted by molar-refractivity contribution is 5.95. The number of aliphatic hydroxyl groups is 1. The summed E-state index contributed by atoms with van der Waals surface area (Å²) < 4.78 is 0. The number of aromatic hydroxyl groups is 1. The van der Waals surface area contributed by atoms with Crippen LogP contribution < -0.4 is 21.7 Å². The zero-order valence-corrected chi connectivity index (χ0v) is 23.0. The fraction of sp³-hybridized carbons (Fsp3) is 0.379. The van der Waals surface area contributed by atoms with Crippen molar-refractivity contribution < 1.29 is 34.5 Å². The third kappa shape index (κ3) is 8.78. The van der Waals surface area contributed by atoms with Crippen LogP contribution in [0.3, 0.4) is 0 Å². The SMILES string of the molecule is CC(C)C[C@H](NC(=O)[C@@H](N)Cc1ccc(O)cc1)C(=O)N[C@@H](Cc1c[nH]c2ccccc12)C(=O)N[C@@H](CO)C(=O)O. The van der Waals surface area contributed by atoms with Crippen molar-refractivity contribution in [2.45, 2.75) is 57.3 Å². The number of carbonyl (C=O) groups excluding carboxylic acids is 3. The van der Waals surface area contributed by atoms with Crippen LogP contribution in [0.1, 0.15) is 31.4 Å². The van der Waals surface area contributed by atoms with Crippen LogP contribution in [-0.2, 0) is 32.0 Å². The molecule has 3 amide bonds. The summed E-state index contributed by atoms with van der Waals surface area (Å²) in [6, 6.07) is 8.86. The maximum absolute atomic E-state index is 13.5. The van der Waals surface area contributed by atoms with Crippen molar-refractivity contribution >= 4 is 34.6 Å². The van der Waals surface area contributed by atoms with Crippen LogP contribution in [0.2, 0.25) is 0 Å². The normalized spacial score (nSPS) is 14.2. The first-order valence-corrected chi connectivity index (χ1v) is 13.3. The zero-order valence-electron chi connectivity index (χ0n) is 23.0. The first kappa shape index (κ1) is 31.1. The van der Waals surface area contributed by atoms with E-state index < -0.39 is 54.5 Å². The number of aromatic nitrogens is 1. The molecular weight excluding hydrogens is 530 g/mol. The Hall–Kier alpha value is -4.42. The van der Waals surface area contributed by atoms with Gasteiger partial charge in [-0.25, -0.2) is 4.79 Å². The summed E-state index contributed by atoms with van der Waals surface area (Å²) in [4.78, 5) is 54.1. The third-order valence-electron chi connectivity index (χ3n) is 6.60. The number of rotatable bonds is 14. The minimum Gasteiger partial charge on any atom is -0.508 e. The maximum atomic E-state index is 13.5. The Labute approximate surface area is 237 Å². The van der Waals surface area contributed by atoms with Gasteiger partial charge >= 0.3 is 5.97 Å². The number of phenolic OH excluding ortho intramolecular Hbond substituents is 1. The van der Waals surface area contributed by atoms with Gasteiger partial charge in [0, 0.05) is 23.5 Å². The summed E-state index contributed by atoms with van der Waals surface area (Å²) >= 11 is 0. The van der Waals surface area contributed by atoms with Crippen molar-refractivity contribution in [3.05, 3.63) is 65.9 Å². The van der Waals surface area contributed by atoms with Gasteiger partial charge < -0.3 is 42.0 Å². The zero-order chi connectivity index (χ0) is 30.1. The van der Waals surface area contributed by atoms with E-state index in [1.54, 1.807) is 18.3 Å². The fourth-order valence-corrected chi connectivity index (χ4v) is 4.42. The Kier molecular flexibility index (Phi) is 10.8. The van der Waals surface area contributed by atoms with Gasteiger partial charge in [0.2, 0.25) is 17.7 Å². The molecule has 0 aliphatic carbocycles. The number of nitrogens with one attached hydrogen (secondary N) is 4. The number of carboxylic acids is 1. The minimum absolute atomic E-state index is 0.00829. The number of carbonyl (C=O) groups is 4. The second-order valence-corrected chi connectivity index (χ2v) is 10.4. The van der Waals surface area contributed by atoms with E-state index in [1.165, 1.54) is 12.1 Å². The molecule has 12 nitrogen and oxygen atoms in total. The van der Waals surface area contributed by atoms with Crippen LogP contribution in [0.15, 0.2) is 54.7 Å². The molecule has 0 aliphatic heterocycles. The fourth-order valence-electron chi connectivity index (χ4n) is 4.42. The van der Waals surface area contributed by atoms with Crippen molar-refractivity contribution in [1.29, 1.82) is 0 Å². The van der Waals surface area contributed by atoms with Crippen molar-refractivity contribution in [2.24, 2.45) is 11.7 Å². The van der Waals surface area contributed by atoms with E-state index in [0.29, 0.717) is 5.56 Å². The number of phenols is 1. The van der Waals surface area contributed by atoms with Gasteiger partial charge in [0.05, 0.1) is 12.6 Å². The molecule has 3 aromatic rings. The number of carboxylic acid groups (broad SMARTS) is 1. The molecule has 41 heavy (non-hydrogen) atoms. The lowest BCUT2D eigenvalue weighted by Gasteiger charge is -2.26. The lowest BCUT2D eigenvalue weighted by molar-refractivity contribution is -0.143. The number of H-pyrrole nitrogens is 1. The summed E-state index contributed by atoms with van der Waals surface area (Å²) in [5.41, 5.74) is 8.35. The second kappa shape index (κ2) is 14.3. The van der Waals surface area contributed by atoms with Gasteiger partial charge in [-0.1, -0.05) is 44.2 Å². The number of amides is 3. The van der Waals surface area contributed by atoms with Crippen molar-refractivity contribution in [1.82, 2.24) is 20.9 Å². The molecule has 0 aliphatic rings. The average Bonchev–Trinajstić information content (AvgIpc) is 3.34. The summed E-state index contributed by atoms with van der Waals surface area (Å²) in [5.74, 6) is -3.36. The minimum atomic E-state index is -1.56. The van der Waals surface area contributed by atoms with E-state index in [2.05, 4.69) is 20.9 Å². The number of aliphatic hydroxyl groups excluding tert-OH is 1. The summed E-state index contributed by atoms with van der Waals surface area (Å²) in [6.07, 6.45) is 2.14. The number of nitrogens with two attached hydrogens (primary N) is 1. The number of aromatic amines is 1. The number of aliphatic carboxylic acids is 1. The maximum Gasteiger partial charge on any atom is 0.328 e. The van der Waals surface area contributed by atoms with E-state index in [4.69, 9.17) is 5.73 Å². The van der Waals surface area contributed by atoms with Crippen LogP contribution in [0.5, 0.6) is 5.75 Å². The molecule has 220 valence electrons. The Bertz CT molecular complexity index is 1360. The highest BCUT2D eigenvalue weighted by Crippen LogP contribution is 2.19. The molecule has 9 N–H and O–H groups in total. The lowest BCUT2D eigenvalue weighted by Crippen LogP contribution is -2.58. The molecule has 2 aromatic carbocycles. The van der Waals surface area contributed by atoms with Gasteiger partial charge in [-0.15, -0.1) is 0 Å². The Balaban J connectivity index is 1.79. The summed E-state index contributed by atoms with van der Waals surface area (Å²) in [7, 11) is 0. The number of hydrogen-bond donors (Lipinski definition) is 8. The van der Waals surface area contributed by atoms with Gasteiger partial charge in [0.25, 0.3) is 0 Å². The second-order valence-electron chi connectivity index (χ2n) is 10.4. The molecule has 0 spiro atoms. The van der Waals surface area contributed by atoms with Crippen molar-refractivity contribution in [3.8, 4) is 5.75 Å². The summed E-state index contributed by atoms with van der Waals surface area (Å²) in [6.45, 7) is 2.91. The van der Waals surface area contributed by atoms with E-state index in [0.717, 1.165) is 16.5 Å². The molecule has 0 saturated carbocycles. The molecule has 0 fully saturated rings. The molecule has 1 aromatic heterocycles.